The average molecular weight is 258 g/mol. The van der Waals surface area contributed by atoms with E-state index in [0.717, 1.165) is 18.7 Å². The Balaban J connectivity index is 1.90. The Kier molecular flexibility index (Phi) is 4.52. The third-order valence-electron chi connectivity index (χ3n) is 4.21. The van der Waals surface area contributed by atoms with E-state index in [1.165, 1.54) is 25.7 Å². The first-order chi connectivity index (χ1) is 9.16. The van der Waals surface area contributed by atoms with Gasteiger partial charge in [-0.2, -0.15) is 5.26 Å². The molecule has 0 aliphatic heterocycles. The molecule has 0 aromatic carbocycles. The highest BCUT2D eigenvalue weighted by Gasteiger charge is 2.35. The molecular weight excluding hydrogens is 236 g/mol. The Morgan fingerprint density at radius 1 is 1.42 bits per heavy atom. The molecule has 4 heteroatoms. The van der Waals surface area contributed by atoms with Gasteiger partial charge in [-0.1, -0.05) is 12.8 Å². The maximum absolute atomic E-state index is 8.83. The Hall–Kier alpha value is -1.44. The Morgan fingerprint density at radius 2 is 2.16 bits per heavy atom. The summed E-state index contributed by atoms with van der Waals surface area (Å²) in [4.78, 5) is 6.35. The zero-order valence-electron chi connectivity index (χ0n) is 11.8. The van der Waals surface area contributed by atoms with E-state index >= 15 is 0 Å². The van der Waals surface area contributed by atoms with Crippen molar-refractivity contribution >= 4 is 0 Å². The third kappa shape index (κ3) is 3.31. The summed E-state index contributed by atoms with van der Waals surface area (Å²) in [6, 6.07) is 5.89. The van der Waals surface area contributed by atoms with Crippen molar-refractivity contribution in [3.05, 3.63) is 29.6 Å². The molecular formula is C15H22N4. The molecule has 0 atom stereocenters. The number of pyridine rings is 1. The first-order valence-corrected chi connectivity index (χ1v) is 6.89. The Labute approximate surface area is 115 Å². The summed E-state index contributed by atoms with van der Waals surface area (Å²) in [5.74, 6) is 0. The highest BCUT2D eigenvalue weighted by molar-refractivity contribution is 5.25. The van der Waals surface area contributed by atoms with Crippen LogP contribution >= 0.6 is 0 Å². The van der Waals surface area contributed by atoms with Crippen LogP contribution in [0, 0.1) is 11.3 Å². The molecule has 4 nitrogen and oxygen atoms in total. The number of rotatable bonds is 5. The summed E-state index contributed by atoms with van der Waals surface area (Å²) >= 11 is 0. The number of nitrogens with one attached hydrogen (secondary N) is 1. The van der Waals surface area contributed by atoms with Crippen LogP contribution in [0.3, 0.4) is 0 Å². The van der Waals surface area contributed by atoms with Gasteiger partial charge >= 0.3 is 0 Å². The van der Waals surface area contributed by atoms with Gasteiger partial charge in [-0.05, 0) is 44.6 Å². The standard InChI is InChI=1S/C15H22N4/c1-19(2)15(6-3-4-7-15)12-17-11-13-5-8-18-14(9-13)10-16/h5,8-9,17H,3-4,6-7,11-12H2,1-2H3. The first kappa shape index (κ1) is 14.0. The number of nitriles is 1. The molecule has 1 aliphatic rings. The van der Waals surface area contributed by atoms with Crippen molar-refractivity contribution in [2.24, 2.45) is 0 Å². The van der Waals surface area contributed by atoms with Crippen LogP contribution in [-0.2, 0) is 6.54 Å². The van der Waals surface area contributed by atoms with Crippen LogP contribution < -0.4 is 5.32 Å². The highest BCUT2D eigenvalue weighted by atomic mass is 15.2. The van der Waals surface area contributed by atoms with Gasteiger partial charge in [0.05, 0.1) is 0 Å². The van der Waals surface area contributed by atoms with Gasteiger partial charge in [-0.25, -0.2) is 4.98 Å². The van der Waals surface area contributed by atoms with Gasteiger partial charge in [0.1, 0.15) is 11.8 Å². The second-order valence-corrected chi connectivity index (χ2v) is 5.59. The van der Waals surface area contributed by atoms with E-state index in [1.807, 2.05) is 12.1 Å². The third-order valence-corrected chi connectivity index (χ3v) is 4.21. The molecule has 0 saturated heterocycles. The van der Waals surface area contributed by atoms with Crippen LogP contribution in [0.25, 0.3) is 0 Å². The predicted octanol–water partition coefficient (Wildman–Crippen LogP) is 1.92. The van der Waals surface area contributed by atoms with Gasteiger partial charge in [0.2, 0.25) is 0 Å². The van der Waals surface area contributed by atoms with Crippen LogP contribution in [0.5, 0.6) is 0 Å². The Morgan fingerprint density at radius 3 is 2.79 bits per heavy atom. The lowest BCUT2D eigenvalue weighted by molar-refractivity contribution is 0.153. The predicted molar refractivity (Wildman–Crippen MR) is 75.5 cm³/mol. The fourth-order valence-corrected chi connectivity index (χ4v) is 2.90. The maximum atomic E-state index is 8.83. The lowest BCUT2D eigenvalue weighted by Crippen LogP contribution is -2.49. The first-order valence-electron chi connectivity index (χ1n) is 6.89. The second-order valence-electron chi connectivity index (χ2n) is 5.59. The molecule has 0 spiro atoms. The molecule has 2 rings (SSSR count). The molecule has 0 radical (unpaired) electrons. The van der Waals surface area contributed by atoms with Gasteiger partial charge in [0.15, 0.2) is 0 Å². The molecule has 0 amide bonds. The van der Waals surface area contributed by atoms with Crippen molar-refractivity contribution in [1.29, 1.82) is 5.26 Å². The molecule has 102 valence electrons. The zero-order valence-corrected chi connectivity index (χ0v) is 11.8. The number of hydrogen-bond donors (Lipinski definition) is 1. The molecule has 1 N–H and O–H groups in total. The van der Waals surface area contributed by atoms with Gasteiger partial charge in [0, 0.05) is 24.8 Å². The quantitative estimate of drug-likeness (QED) is 0.876. The summed E-state index contributed by atoms with van der Waals surface area (Å²) < 4.78 is 0. The minimum Gasteiger partial charge on any atom is -0.311 e. The fraction of sp³-hybridized carbons (Fsp3) is 0.600. The summed E-state index contributed by atoms with van der Waals surface area (Å²) in [5, 5.41) is 12.4. The van der Waals surface area contributed by atoms with Gasteiger partial charge in [-0.15, -0.1) is 0 Å². The summed E-state index contributed by atoms with van der Waals surface area (Å²) in [7, 11) is 4.35. The number of hydrogen-bond acceptors (Lipinski definition) is 4. The van der Waals surface area contributed by atoms with Crippen molar-refractivity contribution < 1.29 is 0 Å². The molecule has 1 aliphatic carbocycles. The molecule has 1 saturated carbocycles. The van der Waals surface area contributed by atoms with Crippen LogP contribution in [0.2, 0.25) is 0 Å². The monoisotopic (exact) mass is 258 g/mol. The van der Waals surface area contributed by atoms with E-state index in [0.29, 0.717) is 11.2 Å². The van der Waals surface area contributed by atoms with Crippen LogP contribution in [-0.4, -0.2) is 36.1 Å². The average Bonchev–Trinajstić information content (AvgIpc) is 2.89. The van der Waals surface area contributed by atoms with Crippen LogP contribution in [0.15, 0.2) is 18.3 Å². The minimum absolute atomic E-state index is 0.311. The summed E-state index contributed by atoms with van der Waals surface area (Å²) in [6.45, 7) is 1.80. The fourth-order valence-electron chi connectivity index (χ4n) is 2.90. The van der Waals surface area contributed by atoms with E-state index in [1.54, 1.807) is 6.20 Å². The SMILES string of the molecule is CN(C)C1(CNCc2ccnc(C#N)c2)CCCC1. The van der Waals surface area contributed by atoms with Crippen molar-refractivity contribution in [2.75, 3.05) is 20.6 Å². The molecule has 1 fully saturated rings. The number of likely N-dealkylation sites (N-methyl/N-ethyl adjacent to an activating group) is 1. The van der Waals surface area contributed by atoms with Gasteiger partial charge < -0.3 is 10.2 Å². The lowest BCUT2D eigenvalue weighted by atomic mass is 9.96. The highest BCUT2D eigenvalue weighted by Crippen LogP contribution is 2.33. The van der Waals surface area contributed by atoms with E-state index in [9.17, 15) is 0 Å². The maximum Gasteiger partial charge on any atom is 0.140 e. The number of nitrogens with zero attached hydrogens (tertiary/aromatic N) is 3. The van der Waals surface area contributed by atoms with E-state index < -0.39 is 0 Å². The van der Waals surface area contributed by atoms with Crippen LogP contribution in [0.4, 0.5) is 0 Å². The van der Waals surface area contributed by atoms with Gasteiger partial charge in [0.25, 0.3) is 0 Å². The normalized spacial score (nSPS) is 17.6. The van der Waals surface area contributed by atoms with E-state index in [4.69, 9.17) is 5.26 Å². The molecule has 0 bridgehead atoms. The summed E-state index contributed by atoms with van der Waals surface area (Å²) in [6.07, 6.45) is 6.90. The van der Waals surface area contributed by atoms with E-state index in [2.05, 4.69) is 35.4 Å². The largest absolute Gasteiger partial charge is 0.311 e. The second kappa shape index (κ2) is 6.14. The van der Waals surface area contributed by atoms with Crippen LogP contribution in [0.1, 0.15) is 36.9 Å². The van der Waals surface area contributed by atoms with Crippen molar-refractivity contribution in [2.45, 2.75) is 37.8 Å². The van der Waals surface area contributed by atoms with Crippen molar-refractivity contribution in [1.82, 2.24) is 15.2 Å². The molecule has 0 unspecified atom stereocenters. The smallest absolute Gasteiger partial charge is 0.140 e. The molecule has 1 aromatic heterocycles. The zero-order chi connectivity index (χ0) is 13.7. The van der Waals surface area contributed by atoms with E-state index in [-0.39, 0.29) is 0 Å². The topological polar surface area (TPSA) is 52.0 Å². The lowest BCUT2D eigenvalue weighted by Gasteiger charge is -2.36. The minimum atomic E-state index is 0.311. The molecule has 1 heterocycles. The van der Waals surface area contributed by atoms with Crippen molar-refractivity contribution in [3.8, 4) is 6.07 Å². The molecule has 1 aromatic rings. The molecule has 19 heavy (non-hydrogen) atoms. The number of aromatic nitrogens is 1. The Bertz CT molecular complexity index is 455. The summed E-state index contributed by atoms with van der Waals surface area (Å²) in [5.41, 5.74) is 1.92. The van der Waals surface area contributed by atoms with Crippen molar-refractivity contribution in [3.63, 3.8) is 0 Å². The van der Waals surface area contributed by atoms with Gasteiger partial charge in [-0.3, -0.25) is 0 Å².